The summed E-state index contributed by atoms with van der Waals surface area (Å²) in [5.74, 6) is 1.17. The number of carbonyl (C=O) groups excluding carboxylic acids is 2. The van der Waals surface area contributed by atoms with Crippen LogP contribution in [-0.2, 0) is 9.53 Å². The van der Waals surface area contributed by atoms with E-state index in [1.165, 1.54) is 7.11 Å². The van der Waals surface area contributed by atoms with E-state index in [0.717, 1.165) is 37.9 Å². The zero-order valence-electron chi connectivity index (χ0n) is 12.7. The largest absolute Gasteiger partial charge is 0.469 e. The molecule has 1 amide bonds. The van der Waals surface area contributed by atoms with Crippen LogP contribution in [0.3, 0.4) is 0 Å². The number of methoxy groups -OCH3 is 1. The number of esters is 1. The lowest BCUT2D eigenvalue weighted by molar-refractivity contribution is -0.143. The SMILES string of the molecule is COC(=O)[C@H]1CC12CCN(C(=O)c1cc(C3CC3)on1)CC2. The number of piperidine rings is 1. The summed E-state index contributed by atoms with van der Waals surface area (Å²) in [5.41, 5.74) is 0.491. The first-order valence-electron chi connectivity index (χ1n) is 7.97. The lowest BCUT2D eigenvalue weighted by Crippen LogP contribution is -2.40. The van der Waals surface area contributed by atoms with Crippen molar-refractivity contribution in [3.63, 3.8) is 0 Å². The molecule has 4 rings (SSSR count). The van der Waals surface area contributed by atoms with Gasteiger partial charge < -0.3 is 14.2 Å². The fourth-order valence-electron chi connectivity index (χ4n) is 3.64. The van der Waals surface area contributed by atoms with Gasteiger partial charge in [0.15, 0.2) is 5.69 Å². The lowest BCUT2D eigenvalue weighted by Gasteiger charge is -2.32. The van der Waals surface area contributed by atoms with Crippen molar-refractivity contribution in [1.82, 2.24) is 10.1 Å². The average Bonchev–Trinajstić information content (AvgIpc) is 3.46. The number of amides is 1. The molecule has 6 heteroatoms. The van der Waals surface area contributed by atoms with Crippen LogP contribution in [0.5, 0.6) is 0 Å². The number of likely N-dealkylation sites (tertiary alicyclic amines) is 1. The zero-order valence-corrected chi connectivity index (χ0v) is 12.7. The summed E-state index contributed by atoms with van der Waals surface area (Å²) in [6.07, 6.45) is 4.89. The summed E-state index contributed by atoms with van der Waals surface area (Å²) >= 11 is 0. The van der Waals surface area contributed by atoms with Crippen molar-refractivity contribution in [3.05, 3.63) is 17.5 Å². The number of ether oxygens (including phenoxy) is 1. The number of rotatable bonds is 3. The Hall–Kier alpha value is -1.85. The van der Waals surface area contributed by atoms with E-state index in [9.17, 15) is 9.59 Å². The average molecular weight is 304 g/mol. The van der Waals surface area contributed by atoms with Crippen LogP contribution in [0.2, 0.25) is 0 Å². The molecular formula is C16H20N2O4. The Morgan fingerprint density at radius 3 is 2.73 bits per heavy atom. The quantitative estimate of drug-likeness (QED) is 0.798. The van der Waals surface area contributed by atoms with Crippen molar-refractivity contribution < 1.29 is 18.8 Å². The van der Waals surface area contributed by atoms with Crippen LogP contribution in [0.4, 0.5) is 0 Å². The second-order valence-corrected chi connectivity index (χ2v) is 6.82. The molecule has 2 aliphatic carbocycles. The van der Waals surface area contributed by atoms with Crippen LogP contribution >= 0.6 is 0 Å². The lowest BCUT2D eigenvalue weighted by atomic mass is 9.90. The molecule has 2 heterocycles. The Kier molecular flexibility index (Phi) is 3.03. The van der Waals surface area contributed by atoms with E-state index < -0.39 is 0 Å². The number of hydrogen-bond acceptors (Lipinski definition) is 5. The van der Waals surface area contributed by atoms with Gasteiger partial charge in [0.1, 0.15) is 5.76 Å². The summed E-state index contributed by atoms with van der Waals surface area (Å²) in [6, 6.07) is 1.79. The van der Waals surface area contributed by atoms with Crippen molar-refractivity contribution in [1.29, 1.82) is 0 Å². The Balaban J connectivity index is 1.37. The zero-order chi connectivity index (χ0) is 15.3. The van der Waals surface area contributed by atoms with E-state index >= 15 is 0 Å². The Bertz CT molecular complexity index is 611. The molecule has 118 valence electrons. The Labute approximate surface area is 128 Å². The number of hydrogen-bond donors (Lipinski definition) is 0. The highest BCUT2D eigenvalue weighted by atomic mass is 16.5. The number of nitrogens with zero attached hydrogens (tertiary/aromatic N) is 2. The first-order chi connectivity index (χ1) is 10.6. The highest BCUT2D eigenvalue weighted by Gasteiger charge is 2.59. The number of carbonyl (C=O) groups is 2. The van der Waals surface area contributed by atoms with E-state index in [1.54, 1.807) is 6.07 Å². The molecule has 1 saturated heterocycles. The van der Waals surface area contributed by atoms with E-state index in [0.29, 0.717) is 24.7 Å². The van der Waals surface area contributed by atoms with E-state index in [-0.39, 0.29) is 23.2 Å². The molecule has 0 bridgehead atoms. The molecule has 0 unspecified atom stereocenters. The van der Waals surface area contributed by atoms with Gasteiger partial charge in [-0.1, -0.05) is 5.16 Å². The molecule has 1 aliphatic heterocycles. The summed E-state index contributed by atoms with van der Waals surface area (Å²) in [6.45, 7) is 1.36. The molecule has 6 nitrogen and oxygen atoms in total. The second kappa shape index (κ2) is 4.83. The fourth-order valence-corrected chi connectivity index (χ4v) is 3.64. The summed E-state index contributed by atoms with van der Waals surface area (Å²) in [7, 11) is 1.44. The van der Waals surface area contributed by atoms with Gasteiger partial charge in [-0.3, -0.25) is 9.59 Å². The topological polar surface area (TPSA) is 72.6 Å². The highest BCUT2D eigenvalue weighted by molar-refractivity contribution is 5.92. The van der Waals surface area contributed by atoms with E-state index in [1.807, 2.05) is 4.90 Å². The first-order valence-corrected chi connectivity index (χ1v) is 7.97. The molecule has 0 aromatic carbocycles. The van der Waals surface area contributed by atoms with E-state index in [4.69, 9.17) is 9.26 Å². The van der Waals surface area contributed by atoms with Gasteiger partial charge in [-0.2, -0.15) is 0 Å². The predicted octanol–water partition coefficient (Wildman–Crippen LogP) is 1.97. The van der Waals surface area contributed by atoms with Crippen LogP contribution in [0, 0.1) is 11.3 Å². The van der Waals surface area contributed by atoms with Crippen molar-refractivity contribution in [3.8, 4) is 0 Å². The summed E-state index contributed by atoms with van der Waals surface area (Å²) in [4.78, 5) is 25.9. The molecule has 0 radical (unpaired) electrons. The third-order valence-electron chi connectivity index (χ3n) is 5.45. The third kappa shape index (κ3) is 2.21. The van der Waals surface area contributed by atoms with Gasteiger partial charge in [0.25, 0.3) is 5.91 Å². The number of aromatic nitrogens is 1. The minimum absolute atomic E-state index is 0.0308. The monoisotopic (exact) mass is 304 g/mol. The van der Waals surface area contributed by atoms with Gasteiger partial charge in [0.2, 0.25) is 0 Å². The molecule has 22 heavy (non-hydrogen) atoms. The molecular weight excluding hydrogens is 284 g/mol. The van der Waals surface area contributed by atoms with Crippen LogP contribution in [0.1, 0.15) is 54.3 Å². The molecule has 1 aromatic rings. The second-order valence-electron chi connectivity index (χ2n) is 6.82. The van der Waals surface area contributed by atoms with Gasteiger partial charge >= 0.3 is 5.97 Å². The van der Waals surface area contributed by atoms with Crippen molar-refractivity contribution in [2.45, 2.75) is 38.0 Å². The molecule has 3 fully saturated rings. The Morgan fingerprint density at radius 1 is 1.36 bits per heavy atom. The molecule has 2 saturated carbocycles. The molecule has 1 atom stereocenters. The van der Waals surface area contributed by atoms with Crippen LogP contribution < -0.4 is 0 Å². The van der Waals surface area contributed by atoms with Crippen molar-refractivity contribution >= 4 is 11.9 Å². The highest BCUT2D eigenvalue weighted by Crippen LogP contribution is 2.59. The van der Waals surface area contributed by atoms with Gasteiger partial charge in [-0.15, -0.1) is 0 Å². The van der Waals surface area contributed by atoms with Crippen molar-refractivity contribution in [2.75, 3.05) is 20.2 Å². The summed E-state index contributed by atoms with van der Waals surface area (Å²) < 4.78 is 10.1. The Morgan fingerprint density at radius 2 is 2.09 bits per heavy atom. The normalized spacial score (nSPS) is 26.0. The van der Waals surface area contributed by atoms with Crippen LogP contribution in [-0.4, -0.2) is 42.1 Å². The maximum absolute atomic E-state index is 12.5. The van der Waals surface area contributed by atoms with Gasteiger partial charge in [0.05, 0.1) is 13.0 Å². The van der Waals surface area contributed by atoms with E-state index in [2.05, 4.69) is 5.16 Å². The smallest absolute Gasteiger partial charge is 0.309 e. The summed E-state index contributed by atoms with van der Waals surface area (Å²) in [5, 5.41) is 3.92. The minimum Gasteiger partial charge on any atom is -0.469 e. The molecule has 3 aliphatic rings. The predicted molar refractivity (Wildman–Crippen MR) is 76.2 cm³/mol. The molecule has 1 aromatic heterocycles. The maximum atomic E-state index is 12.5. The molecule has 1 spiro atoms. The standard InChI is InChI=1S/C16H20N2O4/c1-21-15(20)11-9-16(11)4-6-18(7-5-16)14(19)12-8-13(22-17-12)10-2-3-10/h8,10-11H,2-7,9H2,1H3/t11-/m1/s1. The maximum Gasteiger partial charge on any atom is 0.309 e. The fraction of sp³-hybridized carbons (Fsp3) is 0.688. The molecule has 0 N–H and O–H groups in total. The van der Waals surface area contributed by atoms with Gasteiger partial charge in [-0.25, -0.2) is 0 Å². The minimum atomic E-state index is -0.106. The van der Waals surface area contributed by atoms with Crippen LogP contribution in [0.25, 0.3) is 0 Å². The van der Waals surface area contributed by atoms with Gasteiger partial charge in [-0.05, 0) is 37.5 Å². The third-order valence-corrected chi connectivity index (χ3v) is 5.45. The van der Waals surface area contributed by atoms with Crippen LogP contribution in [0.15, 0.2) is 10.6 Å². The first kappa shape index (κ1) is 13.8. The van der Waals surface area contributed by atoms with Gasteiger partial charge in [0, 0.05) is 25.1 Å². The van der Waals surface area contributed by atoms with Crippen molar-refractivity contribution in [2.24, 2.45) is 11.3 Å².